The van der Waals surface area contributed by atoms with Crippen molar-refractivity contribution in [2.45, 2.75) is 0 Å². The summed E-state index contributed by atoms with van der Waals surface area (Å²) in [6, 6.07) is 17.4. The fourth-order valence-electron chi connectivity index (χ4n) is 2.34. The van der Waals surface area contributed by atoms with E-state index in [1.54, 1.807) is 30.3 Å². The minimum Gasteiger partial charge on any atom is -0.478 e. The topological polar surface area (TPSA) is 74.2 Å². The molecule has 0 bridgehead atoms. The van der Waals surface area contributed by atoms with E-state index < -0.39 is 5.97 Å². The minimum absolute atomic E-state index is 0.162. The number of furan rings is 1. The Kier molecular flexibility index (Phi) is 4.44. The van der Waals surface area contributed by atoms with Crippen molar-refractivity contribution in [3.8, 4) is 17.4 Å². The second-order valence-corrected chi connectivity index (χ2v) is 5.26. The van der Waals surface area contributed by atoms with Crippen molar-refractivity contribution in [2.24, 2.45) is 0 Å². The fraction of sp³-hybridized carbons (Fsp3) is 0. The molecule has 1 N–H and O–H groups in total. The number of hydrogen-bond acceptors (Lipinski definition) is 3. The number of aromatic carboxylic acids is 1. The van der Waals surface area contributed by atoms with Crippen LogP contribution in [0.2, 0.25) is 0 Å². The third-order valence-corrected chi connectivity index (χ3v) is 3.58. The lowest BCUT2D eigenvalue weighted by molar-refractivity contribution is 0.0697. The molecule has 0 aliphatic carbocycles. The molecule has 1 heterocycles. The van der Waals surface area contributed by atoms with Gasteiger partial charge in [-0.3, -0.25) is 0 Å². The van der Waals surface area contributed by atoms with Crippen molar-refractivity contribution in [3.05, 3.63) is 83.4 Å². The highest BCUT2D eigenvalue weighted by molar-refractivity contribution is 5.90. The largest absolute Gasteiger partial charge is 0.478 e. The third kappa shape index (κ3) is 3.65. The van der Waals surface area contributed by atoms with E-state index in [1.165, 1.54) is 36.4 Å². The zero-order chi connectivity index (χ0) is 17.8. The molecule has 0 fully saturated rings. The highest BCUT2D eigenvalue weighted by Gasteiger charge is 2.09. The van der Waals surface area contributed by atoms with Crippen molar-refractivity contribution >= 4 is 17.6 Å². The lowest BCUT2D eigenvalue weighted by Crippen LogP contribution is -1.95. The maximum atomic E-state index is 13.0. The number of carbonyl (C=O) groups is 1. The van der Waals surface area contributed by atoms with E-state index in [4.69, 9.17) is 9.52 Å². The van der Waals surface area contributed by atoms with Crippen LogP contribution in [0.4, 0.5) is 4.39 Å². The van der Waals surface area contributed by atoms with Crippen LogP contribution in [0.1, 0.15) is 21.7 Å². The molecule has 0 aliphatic rings. The van der Waals surface area contributed by atoms with Gasteiger partial charge in [0.1, 0.15) is 17.3 Å². The predicted molar refractivity (Wildman–Crippen MR) is 91.0 cm³/mol. The van der Waals surface area contributed by atoms with Gasteiger partial charge in [0.15, 0.2) is 0 Å². The van der Waals surface area contributed by atoms with E-state index in [0.29, 0.717) is 28.2 Å². The van der Waals surface area contributed by atoms with Crippen LogP contribution in [0.3, 0.4) is 0 Å². The van der Waals surface area contributed by atoms with Gasteiger partial charge in [0.2, 0.25) is 0 Å². The first-order chi connectivity index (χ1) is 12.1. The minimum atomic E-state index is -1.02. The van der Waals surface area contributed by atoms with Gasteiger partial charge in [-0.1, -0.05) is 24.3 Å². The summed E-state index contributed by atoms with van der Waals surface area (Å²) in [5.41, 5.74) is 1.70. The quantitative estimate of drug-likeness (QED) is 0.693. The molecule has 2 aromatic carbocycles. The second-order valence-electron chi connectivity index (χ2n) is 5.26. The van der Waals surface area contributed by atoms with Crippen LogP contribution in [0.15, 0.2) is 65.1 Å². The first kappa shape index (κ1) is 16.2. The average Bonchev–Trinajstić information content (AvgIpc) is 3.09. The summed E-state index contributed by atoms with van der Waals surface area (Å²) in [4.78, 5) is 11.1. The maximum absolute atomic E-state index is 13.0. The molecule has 3 rings (SSSR count). The van der Waals surface area contributed by atoms with Crippen LogP contribution in [-0.4, -0.2) is 11.1 Å². The molecular formula is C20H12FNO3. The van der Waals surface area contributed by atoms with E-state index >= 15 is 0 Å². The van der Waals surface area contributed by atoms with Gasteiger partial charge in [0, 0.05) is 5.56 Å². The molecule has 3 aromatic rings. The molecule has 0 amide bonds. The molecule has 5 heteroatoms. The van der Waals surface area contributed by atoms with Gasteiger partial charge >= 0.3 is 5.97 Å². The lowest BCUT2D eigenvalue weighted by Gasteiger charge is -2.00. The number of allylic oxidation sites excluding steroid dienone is 1. The van der Waals surface area contributed by atoms with Crippen molar-refractivity contribution in [3.63, 3.8) is 0 Å². The molecule has 0 unspecified atom stereocenters. The lowest BCUT2D eigenvalue weighted by atomic mass is 10.1. The van der Waals surface area contributed by atoms with Gasteiger partial charge in [-0.25, -0.2) is 9.18 Å². The van der Waals surface area contributed by atoms with E-state index in [2.05, 4.69) is 6.07 Å². The van der Waals surface area contributed by atoms with Gasteiger partial charge < -0.3 is 9.52 Å². The van der Waals surface area contributed by atoms with Crippen LogP contribution >= 0.6 is 0 Å². The van der Waals surface area contributed by atoms with Crippen LogP contribution < -0.4 is 0 Å². The van der Waals surface area contributed by atoms with Crippen molar-refractivity contribution in [1.82, 2.24) is 0 Å². The van der Waals surface area contributed by atoms with E-state index in [-0.39, 0.29) is 11.4 Å². The predicted octanol–water partition coefficient (Wildman–Crippen LogP) is 4.85. The first-order valence-corrected chi connectivity index (χ1v) is 7.38. The Balaban J connectivity index is 1.93. The zero-order valence-corrected chi connectivity index (χ0v) is 12.9. The number of rotatable bonds is 4. The van der Waals surface area contributed by atoms with Crippen molar-refractivity contribution in [1.29, 1.82) is 5.26 Å². The molecule has 0 spiro atoms. The van der Waals surface area contributed by atoms with Gasteiger partial charge in [-0.2, -0.15) is 5.26 Å². The third-order valence-electron chi connectivity index (χ3n) is 3.58. The summed E-state index contributed by atoms with van der Waals surface area (Å²) in [5, 5.41) is 18.4. The number of carboxylic acid groups (broad SMARTS) is 1. The number of benzene rings is 2. The number of hydrogen-bond donors (Lipinski definition) is 1. The molecule has 4 nitrogen and oxygen atoms in total. The number of nitrogens with zero attached hydrogens (tertiary/aromatic N) is 1. The standard InChI is InChI=1S/C20H12FNO3/c21-17-6-4-13(5-7-17)16(12-22)11-18-8-9-19(25-18)14-2-1-3-15(10-14)20(23)24/h1-11H,(H,23,24)/b16-11-. The summed E-state index contributed by atoms with van der Waals surface area (Å²) in [5.74, 6) is -0.460. The van der Waals surface area contributed by atoms with E-state index in [0.717, 1.165) is 0 Å². The maximum Gasteiger partial charge on any atom is 0.335 e. The van der Waals surface area contributed by atoms with E-state index in [1.807, 2.05) is 0 Å². The smallest absolute Gasteiger partial charge is 0.335 e. The Morgan fingerprint density at radius 2 is 1.84 bits per heavy atom. The molecule has 0 aliphatic heterocycles. The fourth-order valence-corrected chi connectivity index (χ4v) is 2.34. The Morgan fingerprint density at radius 3 is 2.52 bits per heavy atom. The van der Waals surface area contributed by atoms with Crippen LogP contribution in [0, 0.1) is 17.1 Å². The monoisotopic (exact) mass is 333 g/mol. The summed E-state index contributed by atoms with van der Waals surface area (Å²) in [7, 11) is 0. The molecule has 25 heavy (non-hydrogen) atoms. The molecule has 0 atom stereocenters. The second kappa shape index (κ2) is 6.85. The van der Waals surface area contributed by atoms with Crippen LogP contribution in [0.25, 0.3) is 23.0 Å². The molecule has 0 saturated carbocycles. The first-order valence-electron chi connectivity index (χ1n) is 7.38. The number of nitriles is 1. The highest BCUT2D eigenvalue weighted by atomic mass is 19.1. The highest BCUT2D eigenvalue weighted by Crippen LogP contribution is 2.26. The number of halogens is 1. The van der Waals surface area contributed by atoms with Crippen LogP contribution in [-0.2, 0) is 0 Å². The molecule has 0 saturated heterocycles. The summed E-state index contributed by atoms with van der Waals surface area (Å²) in [6.07, 6.45) is 1.55. The van der Waals surface area contributed by atoms with Gasteiger partial charge in [0.05, 0.1) is 17.2 Å². The molecular weight excluding hydrogens is 321 g/mol. The van der Waals surface area contributed by atoms with Crippen LogP contribution in [0.5, 0.6) is 0 Å². The average molecular weight is 333 g/mol. The number of carboxylic acids is 1. The van der Waals surface area contributed by atoms with E-state index in [9.17, 15) is 14.4 Å². The SMILES string of the molecule is N#C/C(=C/c1ccc(-c2cccc(C(=O)O)c2)o1)c1ccc(F)cc1. The van der Waals surface area contributed by atoms with Crippen molar-refractivity contribution in [2.75, 3.05) is 0 Å². The van der Waals surface area contributed by atoms with Gasteiger partial charge in [0.25, 0.3) is 0 Å². The summed E-state index contributed by atoms with van der Waals surface area (Å²) in [6.45, 7) is 0. The Hall–Kier alpha value is -3.65. The molecule has 0 radical (unpaired) electrons. The Morgan fingerprint density at radius 1 is 1.08 bits per heavy atom. The van der Waals surface area contributed by atoms with Crippen molar-refractivity contribution < 1.29 is 18.7 Å². The Labute approximate surface area is 143 Å². The molecule has 122 valence electrons. The van der Waals surface area contributed by atoms with Gasteiger partial charge in [-0.05, 0) is 48.0 Å². The van der Waals surface area contributed by atoms with Gasteiger partial charge in [-0.15, -0.1) is 0 Å². The Bertz CT molecular complexity index is 994. The normalized spacial score (nSPS) is 11.1. The summed E-state index contributed by atoms with van der Waals surface area (Å²) < 4.78 is 18.7. The summed E-state index contributed by atoms with van der Waals surface area (Å²) >= 11 is 0. The zero-order valence-electron chi connectivity index (χ0n) is 12.9. The molecule has 1 aromatic heterocycles.